The number of amides is 1. The van der Waals surface area contributed by atoms with Crippen molar-refractivity contribution in [3.63, 3.8) is 0 Å². The molecule has 2 aromatic heterocycles. The van der Waals surface area contributed by atoms with Gasteiger partial charge in [-0.15, -0.1) is 10.2 Å². The summed E-state index contributed by atoms with van der Waals surface area (Å²) in [5, 5.41) is 13.8. The molecule has 7 heteroatoms. The molecule has 0 bridgehead atoms. The lowest BCUT2D eigenvalue weighted by Gasteiger charge is -2.10. The van der Waals surface area contributed by atoms with Crippen LogP contribution < -0.4 is 10.6 Å². The van der Waals surface area contributed by atoms with Crippen LogP contribution in [0.15, 0.2) is 34.9 Å². The van der Waals surface area contributed by atoms with Gasteiger partial charge in [0.1, 0.15) is 11.6 Å². The molecule has 0 saturated carbocycles. The second-order valence-corrected chi connectivity index (χ2v) is 5.15. The van der Waals surface area contributed by atoms with Crippen LogP contribution in [-0.2, 0) is 6.54 Å². The minimum Gasteiger partial charge on any atom is -0.467 e. The molecule has 0 unspecified atom stereocenters. The van der Waals surface area contributed by atoms with Crippen molar-refractivity contribution in [1.82, 2.24) is 20.4 Å². The van der Waals surface area contributed by atoms with Gasteiger partial charge in [-0.1, -0.05) is 0 Å². The molecule has 0 aromatic carbocycles. The zero-order valence-electron chi connectivity index (χ0n) is 12.9. The van der Waals surface area contributed by atoms with Crippen molar-refractivity contribution < 1.29 is 9.21 Å². The molecule has 118 valence electrons. The Morgan fingerprint density at radius 3 is 2.77 bits per heavy atom. The lowest BCUT2D eigenvalue weighted by molar-refractivity contribution is 0.0942. The first kappa shape index (κ1) is 16.0. The highest BCUT2D eigenvalue weighted by molar-refractivity contribution is 5.92. The average Bonchev–Trinajstić information content (AvgIpc) is 3.03. The number of anilines is 1. The summed E-state index contributed by atoms with van der Waals surface area (Å²) in [6.07, 6.45) is 2.58. The molecule has 0 aliphatic heterocycles. The van der Waals surface area contributed by atoms with Gasteiger partial charge < -0.3 is 20.0 Å². The third-order valence-corrected chi connectivity index (χ3v) is 2.99. The second-order valence-electron chi connectivity index (χ2n) is 5.15. The van der Waals surface area contributed by atoms with Crippen LogP contribution in [0.5, 0.6) is 0 Å². The fourth-order valence-electron chi connectivity index (χ4n) is 1.83. The summed E-state index contributed by atoms with van der Waals surface area (Å²) in [6.45, 7) is 2.16. The summed E-state index contributed by atoms with van der Waals surface area (Å²) in [4.78, 5) is 14.0. The van der Waals surface area contributed by atoms with Gasteiger partial charge in [-0.05, 0) is 51.3 Å². The van der Waals surface area contributed by atoms with Crippen LogP contribution in [0.25, 0.3) is 0 Å². The molecule has 2 aromatic rings. The van der Waals surface area contributed by atoms with E-state index in [-0.39, 0.29) is 11.6 Å². The SMILES string of the molecule is CN(C)CCCNc1ccc(C(=O)NCc2ccco2)nn1. The summed E-state index contributed by atoms with van der Waals surface area (Å²) >= 11 is 0. The van der Waals surface area contributed by atoms with E-state index in [2.05, 4.69) is 25.7 Å². The Labute approximate surface area is 129 Å². The van der Waals surface area contributed by atoms with Crippen molar-refractivity contribution in [3.8, 4) is 0 Å². The summed E-state index contributed by atoms with van der Waals surface area (Å²) in [7, 11) is 4.08. The van der Waals surface area contributed by atoms with Crippen molar-refractivity contribution in [2.45, 2.75) is 13.0 Å². The molecule has 0 fully saturated rings. The van der Waals surface area contributed by atoms with Gasteiger partial charge in [0.05, 0.1) is 12.8 Å². The van der Waals surface area contributed by atoms with E-state index in [1.807, 2.05) is 14.1 Å². The maximum atomic E-state index is 11.9. The highest BCUT2D eigenvalue weighted by Gasteiger charge is 2.08. The molecule has 0 saturated heterocycles. The van der Waals surface area contributed by atoms with Gasteiger partial charge in [-0.3, -0.25) is 4.79 Å². The van der Waals surface area contributed by atoms with Gasteiger partial charge in [0.15, 0.2) is 5.69 Å². The predicted molar refractivity (Wildman–Crippen MR) is 83.6 cm³/mol. The monoisotopic (exact) mass is 303 g/mol. The van der Waals surface area contributed by atoms with E-state index in [0.29, 0.717) is 18.1 Å². The lowest BCUT2D eigenvalue weighted by Crippen LogP contribution is -2.24. The zero-order valence-corrected chi connectivity index (χ0v) is 12.9. The number of nitrogens with zero attached hydrogens (tertiary/aromatic N) is 3. The van der Waals surface area contributed by atoms with E-state index in [4.69, 9.17) is 4.42 Å². The highest BCUT2D eigenvalue weighted by Crippen LogP contribution is 2.03. The van der Waals surface area contributed by atoms with E-state index < -0.39 is 0 Å². The smallest absolute Gasteiger partial charge is 0.272 e. The van der Waals surface area contributed by atoms with Crippen molar-refractivity contribution in [1.29, 1.82) is 0 Å². The van der Waals surface area contributed by atoms with E-state index in [1.54, 1.807) is 30.5 Å². The first-order chi connectivity index (χ1) is 10.6. The molecule has 0 radical (unpaired) electrons. The van der Waals surface area contributed by atoms with E-state index >= 15 is 0 Å². The number of rotatable bonds is 8. The molecule has 2 N–H and O–H groups in total. The summed E-state index contributed by atoms with van der Waals surface area (Å²) < 4.78 is 5.15. The highest BCUT2D eigenvalue weighted by atomic mass is 16.3. The lowest BCUT2D eigenvalue weighted by atomic mass is 10.3. The molecule has 7 nitrogen and oxygen atoms in total. The quantitative estimate of drug-likeness (QED) is 0.717. The van der Waals surface area contributed by atoms with Crippen LogP contribution in [0.2, 0.25) is 0 Å². The molecule has 22 heavy (non-hydrogen) atoms. The van der Waals surface area contributed by atoms with Crippen LogP contribution in [0, 0.1) is 0 Å². The summed E-state index contributed by atoms with van der Waals surface area (Å²) in [6, 6.07) is 6.98. The third kappa shape index (κ3) is 5.17. The van der Waals surface area contributed by atoms with Crippen LogP contribution >= 0.6 is 0 Å². The van der Waals surface area contributed by atoms with Crippen molar-refractivity contribution in [2.24, 2.45) is 0 Å². The largest absolute Gasteiger partial charge is 0.467 e. The molecule has 2 heterocycles. The minimum atomic E-state index is -0.275. The fraction of sp³-hybridized carbons (Fsp3) is 0.400. The van der Waals surface area contributed by atoms with Crippen molar-refractivity contribution >= 4 is 11.7 Å². The molecular formula is C15H21N5O2. The Morgan fingerprint density at radius 1 is 1.27 bits per heavy atom. The standard InChI is InChI=1S/C15H21N5O2/c1-20(2)9-4-8-16-14-7-6-13(18-19-14)15(21)17-11-12-5-3-10-22-12/h3,5-7,10H,4,8-9,11H2,1-2H3,(H,16,19)(H,17,21). The molecule has 1 amide bonds. The number of hydrogen-bond donors (Lipinski definition) is 2. The van der Waals surface area contributed by atoms with E-state index in [1.165, 1.54) is 0 Å². The minimum absolute atomic E-state index is 0.275. The molecule has 0 spiro atoms. The Morgan fingerprint density at radius 2 is 2.14 bits per heavy atom. The average molecular weight is 303 g/mol. The van der Waals surface area contributed by atoms with Crippen molar-refractivity contribution in [3.05, 3.63) is 42.0 Å². The van der Waals surface area contributed by atoms with Gasteiger partial charge in [-0.2, -0.15) is 0 Å². The third-order valence-electron chi connectivity index (χ3n) is 2.99. The fourth-order valence-corrected chi connectivity index (χ4v) is 1.83. The zero-order chi connectivity index (χ0) is 15.8. The molecule has 2 rings (SSSR count). The molecular weight excluding hydrogens is 282 g/mol. The van der Waals surface area contributed by atoms with Gasteiger partial charge >= 0.3 is 0 Å². The Bertz CT molecular complexity index is 566. The predicted octanol–water partition coefficient (Wildman–Crippen LogP) is 1.36. The van der Waals surface area contributed by atoms with Crippen molar-refractivity contribution in [2.75, 3.05) is 32.5 Å². The topological polar surface area (TPSA) is 83.3 Å². The Balaban J connectivity index is 1.76. The number of nitrogens with one attached hydrogen (secondary N) is 2. The van der Waals surface area contributed by atoms with Crippen LogP contribution in [0.1, 0.15) is 22.7 Å². The van der Waals surface area contributed by atoms with Gasteiger partial charge in [0.25, 0.3) is 5.91 Å². The molecule has 0 aliphatic carbocycles. The van der Waals surface area contributed by atoms with Crippen LogP contribution in [0.3, 0.4) is 0 Å². The second kappa shape index (κ2) is 8.14. The summed E-state index contributed by atoms with van der Waals surface area (Å²) in [5.41, 5.74) is 0.283. The van der Waals surface area contributed by atoms with Crippen LogP contribution in [0.4, 0.5) is 5.82 Å². The number of carbonyl (C=O) groups excluding carboxylic acids is 1. The number of carbonyl (C=O) groups is 1. The maximum Gasteiger partial charge on any atom is 0.272 e. The Kier molecular flexibility index (Phi) is 5.91. The van der Waals surface area contributed by atoms with Gasteiger partial charge in [0, 0.05) is 6.54 Å². The summed E-state index contributed by atoms with van der Waals surface area (Å²) in [5.74, 6) is 1.09. The maximum absolute atomic E-state index is 11.9. The molecule has 0 atom stereocenters. The number of furan rings is 1. The van der Waals surface area contributed by atoms with E-state index in [9.17, 15) is 4.79 Å². The molecule has 0 aliphatic rings. The van der Waals surface area contributed by atoms with Crippen LogP contribution in [-0.4, -0.2) is 48.2 Å². The number of aromatic nitrogens is 2. The Hall–Kier alpha value is -2.41. The first-order valence-electron chi connectivity index (χ1n) is 7.18. The van der Waals surface area contributed by atoms with Gasteiger partial charge in [-0.25, -0.2) is 0 Å². The number of hydrogen-bond acceptors (Lipinski definition) is 6. The van der Waals surface area contributed by atoms with Gasteiger partial charge in [0.2, 0.25) is 0 Å². The first-order valence-corrected chi connectivity index (χ1v) is 7.18. The normalized spacial score (nSPS) is 10.7. The van der Waals surface area contributed by atoms with E-state index in [0.717, 1.165) is 19.5 Å².